The molecule has 0 amide bonds. The zero-order chi connectivity index (χ0) is 8.65. The van der Waals surface area contributed by atoms with Crippen molar-refractivity contribution in [3.05, 3.63) is 0 Å². The van der Waals surface area contributed by atoms with E-state index in [1.54, 1.807) is 0 Å². The lowest BCUT2D eigenvalue weighted by atomic mass is 10.4. The lowest BCUT2D eigenvalue weighted by molar-refractivity contribution is 0.362. The van der Waals surface area contributed by atoms with Crippen LogP contribution in [0.25, 0.3) is 0 Å². The first-order valence-electron chi connectivity index (χ1n) is 4.60. The average Bonchev–Trinajstić information content (AvgIpc) is 2.57. The Balaban J connectivity index is 1.85. The summed E-state index contributed by atoms with van der Waals surface area (Å²) in [7, 11) is 0. The van der Waals surface area contributed by atoms with Gasteiger partial charge in [-0.25, -0.2) is 0 Å². The standard InChI is InChI=1S/C9H16N2S/c10-4-3-8-12-9-7-11-5-1-2-6-11/h1-3,5-9H2. The Kier molecular flexibility index (Phi) is 5.21. The number of rotatable bonds is 5. The van der Waals surface area contributed by atoms with Crippen LogP contribution in [0.5, 0.6) is 0 Å². The van der Waals surface area contributed by atoms with Gasteiger partial charge in [0, 0.05) is 24.5 Å². The van der Waals surface area contributed by atoms with Crippen LogP contribution in [-0.4, -0.2) is 36.0 Å². The minimum atomic E-state index is 0.699. The van der Waals surface area contributed by atoms with Crippen LogP contribution < -0.4 is 0 Å². The van der Waals surface area contributed by atoms with E-state index in [1.165, 1.54) is 38.2 Å². The van der Waals surface area contributed by atoms with Gasteiger partial charge in [-0.2, -0.15) is 17.0 Å². The van der Waals surface area contributed by atoms with Crippen molar-refractivity contribution in [2.75, 3.05) is 31.1 Å². The zero-order valence-electron chi connectivity index (χ0n) is 7.46. The number of likely N-dealkylation sites (tertiary alicyclic amines) is 1. The van der Waals surface area contributed by atoms with Crippen LogP contribution >= 0.6 is 11.8 Å². The molecule has 1 rings (SSSR count). The lowest BCUT2D eigenvalue weighted by Gasteiger charge is -2.12. The molecule has 12 heavy (non-hydrogen) atoms. The van der Waals surface area contributed by atoms with Gasteiger partial charge in [0.15, 0.2) is 0 Å². The van der Waals surface area contributed by atoms with Crippen molar-refractivity contribution in [1.82, 2.24) is 4.90 Å². The van der Waals surface area contributed by atoms with E-state index in [-0.39, 0.29) is 0 Å². The van der Waals surface area contributed by atoms with Gasteiger partial charge in [0.05, 0.1) is 6.07 Å². The molecule has 1 heterocycles. The van der Waals surface area contributed by atoms with Gasteiger partial charge < -0.3 is 4.90 Å². The van der Waals surface area contributed by atoms with E-state index in [0.717, 1.165) is 5.75 Å². The van der Waals surface area contributed by atoms with Crippen molar-refractivity contribution >= 4 is 11.8 Å². The van der Waals surface area contributed by atoms with Gasteiger partial charge in [-0.05, 0) is 25.9 Å². The van der Waals surface area contributed by atoms with Gasteiger partial charge in [0.1, 0.15) is 0 Å². The summed E-state index contributed by atoms with van der Waals surface area (Å²) in [6.07, 6.45) is 3.45. The zero-order valence-corrected chi connectivity index (χ0v) is 8.28. The normalized spacial score (nSPS) is 17.9. The third kappa shape index (κ3) is 3.99. The number of hydrogen-bond acceptors (Lipinski definition) is 3. The quantitative estimate of drug-likeness (QED) is 0.609. The molecule has 68 valence electrons. The van der Waals surface area contributed by atoms with Crippen LogP contribution in [-0.2, 0) is 0 Å². The summed E-state index contributed by atoms with van der Waals surface area (Å²) in [4.78, 5) is 2.51. The van der Waals surface area contributed by atoms with E-state index >= 15 is 0 Å². The second-order valence-corrected chi connectivity index (χ2v) is 4.29. The molecule has 1 fully saturated rings. The Morgan fingerprint density at radius 2 is 2.00 bits per heavy atom. The first-order valence-corrected chi connectivity index (χ1v) is 5.76. The molecule has 0 aliphatic carbocycles. The van der Waals surface area contributed by atoms with Crippen molar-refractivity contribution in [3.8, 4) is 6.07 Å². The molecule has 0 aromatic carbocycles. The largest absolute Gasteiger partial charge is 0.303 e. The summed E-state index contributed by atoms with van der Waals surface area (Å²) >= 11 is 1.90. The van der Waals surface area contributed by atoms with Crippen LogP contribution in [0.1, 0.15) is 19.3 Å². The van der Waals surface area contributed by atoms with Crippen LogP contribution in [0.4, 0.5) is 0 Å². The molecule has 0 unspecified atom stereocenters. The molecule has 1 aliphatic rings. The highest BCUT2D eigenvalue weighted by molar-refractivity contribution is 7.99. The van der Waals surface area contributed by atoms with Gasteiger partial charge in [-0.15, -0.1) is 0 Å². The van der Waals surface area contributed by atoms with Crippen LogP contribution in [0.2, 0.25) is 0 Å². The third-order valence-corrected chi connectivity index (χ3v) is 3.07. The smallest absolute Gasteiger partial charge is 0.0630 e. The summed E-state index contributed by atoms with van der Waals surface area (Å²) in [5.74, 6) is 2.20. The highest BCUT2D eigenvalue weighted by atomic mass is 32.2. The predicted octanol–water partition coefficient (Wildman–Crippen LogP) is 1.73. The van der Waals surface area contributed by atoms with E-state index in [0.29, 0.717) is 6.42 Å². The fraction of sp³-hybridized carbons (Fsp3) is 0.889. The van der Waals surface area contributed by atoms with Crippen molar-refractivity contribution in [3.63, 3.8) is 0 Å². The summed E-state index contributed by atoms with van der Waals surface area (Å²) < 4.78 is 0. The second-order valence-electron chi connectivity index (χ2n) is 3.07. The Morgan fingerprint density at radius 1 is 1.25 bits per heavy atom. The summed E-state index contributed by atoms with van der Waals surface area (Å²) in [6.45, 7) is 3.80. The minimum Gasteiger partial charge on any atom is -0.303 e. The van der Waals surface area contributed by atoms with Gasteiger partial charge in [0.25, 0.3) is 0 Å². The number of hydrogen-bond donors (Lipinski definition) is 0. The lowest BCUT2D eigenvalue weighted by Crippen LogP contribution is -2.21. The fourth-order valence-corrected chi connectivity index (χ4v) is 2.25. The molecule has 0 N–H and O–H groups in total. The number of thioether (sulfide) groups is 1. The molecule has 0 atom stereocenters. The highest BCUT2D eigenvalue weighted by Gasteiger charge is 2.09. The monoisotopic (exact) mass is 184 g/mol. The molecular formula is C9H16N2S. The van der Waals surface area contributed by atoms with E-state index in [4.69, 9.17) is 5.26 Å². The Labute approximate surface area is 78.9 Å². The Morgan fingerprint density at radius 3 is 2.67 bits per heavy atom. The molecule has 0 spiro atoms. The predicted molar refractivity (Wildman–Crippen MR) is 53.2 cm³/mol. The summed E-state index contributed by atoms with van der Waals surface area (Å²) in [5, 5.41) is 8.30. The molecule has 0 aromatic heterocycles. The maximum absolute atomic E-state index is 8.30. The van der Waals surface area contributed by atoms with Crippen molar-refractivity contribution in [1.29, 1.82) is 5.26 Å². The fourth-order valence-electron chi connectivity index (χ4n) is 1.42. The molecule has 0 radical (unpaired) electrons. The Bertz CT molecular complexity index is 147. The minimum absolute atomic E-state index is 0.699. The molecule has 2 nitrogen and oxygen atoms in total. The third-order valence-electron chi connectivity index (χ3n) is 2.11. The maximum Gasteiger partial charge on any atom is 0.0630 e. The molecule has 0 saturated carbocycles. The van der Waals surface area contributed by atoms with Crippen molar-refractivity contribution < 1.29 is 0 Å². The van der Waals surface area contributed by atoms with E-state index < -0.39 is 0 Å². The van der Waals surface area contributed by atoms with Crippen molar-refractivity contribution in [2.45, 2.75) is 19.3 Å². The molecule has 1 saturated heterocycles. The van der Waals surface area contributed by atoms with Gasteiger partial charge in [0.2, 0.25) is 0 Å². The first kappa shape index (κ1) is 9.88. The average molecular weight is 184 g/mol. The van der Waals surface area contributed by atoms with Crippen LogP contribution in [0.3, 0.4) is 0 Å². The molecule has 0 aromatic rings. The van der Waals surface area contributed by atoms with E-state index in [2.05, 4.69) is 11.0 Å². The van der Waals surface area contributed by atoms with E-state index in [1.807, 2.05) is 11.8 Å². The molecule has 0 bridgehead atoms. The molecule has 1 aliphatic heterocycles. The number of nitriles is 1. The van der Waals surface area contributed by atoms with Crippen molar-refractivity contribution in [2.24, 2.45) is 0 Å². The van der Waals surface area contributed by atoms with Gasteiger partial charge in [-0.1, -0.05) is 0 Å². The summed E-state index contributed by atoms with van der Waals surface area (Å²) in [6, 6.07) is 2.16. The first-order chi connectivity index (χ1) is 5.93. The Hall–Kier alpha value is -0.200. The van der Waals surface area contributed by atoms with Gasteiger partial charge >= 0.3 is 0 Å². The van der Waals surface area contributed by atoms with Crippen LogP contribution in [0, 0.1) is 11.3 Å². The van der Waals surface area contributed by atoms with Crippen LogP contribution in [0.15, 0.2) is 0 Å². The second kappa shape index (κ2) is 6.33. The highest BCUT2D eigenvalue weighted by Crippen LogP contribution is 2.09. The maximum atomic E-state index is 8.30. The molecule has 3 heteroatoms. The summed E-state index contributed by atoms with van der Waals surface area (Å²) in [5.41, 5.74) is 0. The van der Waals surface area contributed by atoms with E-state index in [9.17, 15) is 0 Å². The number of nitrogens with zero attached hydrogens (tertiary/aromatic N) is 2. The SMILES string of the molecule is N#CCCSCCN1CCCC1. The topological polar surface area (TPSA) is 27.0 Å². The molecular weight excluding hydrogens is 168 g/mol. The van der Waals surface area contributed by atoms with Gasteiger partial charge in [-0.3, -0.25) is 0 Å².